The number of hydrogen-bond donors (Lipinski definition) is 0. The Bertz CT molecular complexity index is 1090. The number of nitrogens with zero attached hydrogens (tertiary/aromatic N) is 5. The van der Waals surface area contributed by atoms with Crippen LogP contribution in [0, 0.1) is 5.21 Å². The van der Waals surface area contributed by atoms with Crippen LogP contribution in [0.25, 0.3) is 5.69 Å². The highest BCUT2D eigenvalue weighted by Gasteiger charge is 2.31. The van der Waals surface area contributed by atoms with E-state index in [0.29, 0.717) is 29.8 Å². The molecule has 0 spiro atoms. The van der Waals surface area contributed by atoms with Crippen molar-refractivity contribution in [2.45, 2.75) is 26.4 Å². The third kappa shape index (κ3) is 3.82. The van der Waals surface area contributed by atoms with Crippen molar-refractivity contribution in [2.75, 3.05) is 13.6 Å². The SMILES string of the molecule is CCCN(C)Cc1n2c(n[n+]1[O-])CN=C(c1ccccc1Cl)c1cc(Br)ccc1-2. The van der Waals surface area contributed by atoms with E-state index >= 15 is 0 Å². The van der Waals surface area contributed by atoms with Gasteiger partial charge < -0.3 is 5.21 Å². The molecule has 29 heavy (non-hydrogen) atoms. The zero-order chi connectivity index (χ0) is 20.5. The predicted octanol–water partition coefficient (Wildman–Crippen LogP) is 4.11. The minimum Gasteiger partial charge on any atom is -0.691 e. The van der Waals surface area contributed by atoms with Gasteiger partial charge in [-0.1, -0.05) is 52.7 Å². The second-order valence-corrected chi connectivity index (χ2v) is 8.41. The van der Waals surface area contributed by atoms with Crippen molar-refractivity contribution in [2.24, 2.45) is 4.99 Å². The molecule has 0 saturated heterocycles. The number of aromatic nitrogens is 3. The van der Waals surface area contributed by atoms with E-state index in [1.807, 2.05) is 54.1 Å². The van der Waals surface area contributed by atoms with E-state index in [1.165, 1.54) is 0 Å². The van der Waals surface area contributed by atoms with Crippen molar-refractivity contribution in [1.82, 2.24) is 14.6 Å². The second-order valence-electron chi connectivity index (χ2n) is 7.08. The Hall–Kier alpha value is -2.22. The van der Waals surface area contributed by atoms with Crippen molar-refractivity contribution in [3.8, 4) is 5.69 Å². The molecule has 8 heteroatoms. The first-order valence-electron chi connectivity index (χ1n) is 9.48. The molecule has 0 aliphatic carbocycles. The molecule has 150 valence electrons. The van der Waals surface area contributed by atoms with Crippen molar-refractivity contribution >= 4 is 33.2 Å². The van der Waals surface area contributed by atoms with Crippen LogP contribution in [-0.2, 0) is 13.1 Å². The van der Waals surface area contributed by atoms with Crippen LogP contribution in [-0.4, -0.2) is 33.9 Å². The molecule has 2 aromatic carbocycles. The summed E-state index contributed by atoms with van der Waals surface area (Å²) in [5.41, 5.74) is 3.44. The van der Waals surface area contributed by atoms with Crippen LogP contribution in [0.1, 0.15) is 36.1 Å². The molecule has 0 bridgehead atoms. The summed E-state index contributed by atoms with van der Waals surface area (Å²) in [6, 6.07) is 13.6. The van der Waals surface area contributed by atoms with Crippen molar-refractivity contribution < 1.29 is 4.85 Å². The molecule has 2 heterocycles. The maximum absolute atomic E-state index is 12.6. The minimum absolute atomic E-state index is 0.298. The standard InChI is InChI=1S/C21H21BrClN5O/c1-3-10-26(2)13-20-27-18-9-8-14(22)11-16(18)21(15-6-4-5-7-17(15)23)24-12-19(27)25-28(20)29/h4-9,11H,3,10,12-13H2,1-2H3. The smallest absolute Gasteiger partial charge is 0.302 e. The summed E-state index contributed by atoms with van der Waals surface area (Å²) >= 11 is 10.1. The van der Waals surface area contributed by atoms with E-state index < -0.39 is 0 Å². The Balaban J connectivity index is 1.91. The van der Waals surface area contributed by atoms with Crippen LogP contribution >= 0.6 is 27.5 Å². The fourth-order valence-electron chi connectivity index (χ4n) is 3.67. The van der Waals surface area contributed by atoms with Gasteiger partial charge in [0, 0.05) is 20.6 Å². The van der Waals surface area contributed by atoms with Crippen LogP contribution in [0.2, 0.25) is 5.02 Å². The first-order chi connectivity index (χ1) is 14.0. The lowest BCUT2D eigenvalue weighted by Crippen LogP contribution is -2.37. The summed E-state index contributed by atoms with van der Waals surface area (Å²) in [7, 11) is 2.01. The number of halogens is 2. The monoisotopic (exact) mass is 473 g/mol. The predicted molar refractivity (Wildman–Crippen MR) is 118 cm³/mol. The van der Waals surface area contributed by atoms with Gasteiger partial charge >= 0.3 is 5.82 Å². The average molecular weight is 475 g/mol. The molecule has 3 aromatic rings. The highest BCUT2D eigenvalue weighted by Crippen LogP contribution is 2.30. The Morgan fingerprint density at radius 3 is 2.79 bits per heavy atom. The summed E-state index contributed by atoms with van der Waals surface area (Å²) in [6.45, 7) is 3.82. The van der Waals surface area contributed by atoms with Crippen LogP contribution in [0.4, 0.5) is 0 Å². The van der Waals surface area contributed by atoms with E-state index in [4.69, 9.17) is 16.6 Å². The molecule has 0 fully saturated rings. The van der Waals surface area contributed by atoms with Crippen LogP contribution < -0.4 is 4.85 Å². The van der Waals surface area contributed by atoms with E-state index in [0.717, 1.165) is 44.8 Å². The number of rotatable bonds is 5. The molecule has 6 nitrogen and oxygen atoms in total. The Labute approximate surface area is 183 Å². The molecule has 4 rings (SSSR count). The summed E-state index contributed by atoms with van der Waals surface area (Å²) in [5, 5.41) is 17.5. The largest absolute Gasteiger partial charge is 0.691 e. The van der Waals surface area contributed by atoms with Gasteiger partial charge in [-0.2, -0.15) is 4.57 Å². The molecule has 0 N–H and O–H groups in total. The zero-order valence-electron chi connectivity index (χ0n) is 16.3. The quantitative estimate of drug-likeness (QED) is 0.413. The van der Waals surface area contributed by atoms with Crippen LogP contribution in [0.5, 0.6) is 0 Å². The average Bonchev–Trinajstić information content (AvgIpc) is 2.90. The summed E-state index contributed by atoms with van der Waals surface area (Å²) in [4.78, 5) is 7.66. The summed E-state index contributed by atoms with van der Waals surface area (Å²) in [6.07, 6.45) is 1.01. The van der Waals surface area contributed by atoms with E-state index in [9.17, 15) is 5.21 Å². The number of benzene rings is 2. The van der Waals surface area contributed by atoms with Gasteiger partial charge in [-0.05, 0) is 49.4 Å². The Morgan fingerprint density at radius 2 is 2.03 bits per heavy atom. The number of fused-ring (bicyclic) bond motifs is 3. The van der Waals surface area contributed by atoms with Gasteiger partial charge in [0.05, 0.1) is 5.71 Å². The number of aliphatic imine (C=N–C) groups is 1. The maximum Gasteiger partial charge on any atom is 0.302 e. The van der Waals surface area contributed by atoms with Gasteiger partial charge in [-0.15, -0.1) is 4.85 Å². The Morgan fingerprint density at radius 1 is 1.24 bits per heavy atom. The molecule has 1 aliphatic heterocycles. The van der Waals surface area contributed by atoms with Gasteiger partial charge in [-0.25, -0.2) is 0 Å². The van der Waals surface area contributed by atoms with Gasteiger partial charge in [0.25, 0.3) is 5.82 Å². The molecule has 1 aromatic heterocycles. The van der Waals surface area contributed by atoms with Crippen molar-refractivity contribution in [3.05, 3.63) is 79.9 Å². The molecule has 0 unspecified atom stereocenters. The van der Waals surface area contributed by atoms with E-state index in [-0.39, 0.29) is 0 Å². The second kappa shape index (κ2) is 8.26. The molecule has 0 amide bonds. The molecular weight excluding hydrogens is 454 g/mol. The zero-order valence-corrected chi connectivity index (χ0v) is 18.6. The molecule has 0 saturated carbocycles. The summed E-state index contributed by atoms with van der Waals surface area (Å²) in [5.74, 6) is 1.20. The lowest BCUT2D eigenvalue weighted by atomic mass is 10.0. The normalized spacial score (nSPS) is 13.1. The summed E-state index contributed by atoms with van der Waals surface area (Å²) < 4.78 is 2.87. The maximum atomic E-state index is 12.6. The lowest BCUT2D eigenvalue weighted by Gasteiger charge is -2.15. The van der Waals surface area contributed by atoms with Crippen LogP contribution in [0.3, 0.4) is 0 Å². The minimum atomic E-state index is 0.298. The van der Waals surface area contributed by atoms with Crippen LogP contribution in [0.15, 0.2) is 51.9 Å². The third-order valence-electron chi connectivity index (χ3n) is 4.92. The highest BCUT2D eigenvalue weighted by atomic mass is 79.9. The Kier molecular flexibility index (Phi) is 5.72. The fourth-order valence-corrected chi connectivity index (χ4v) is 4.25. The van der Waals surface area contributed by atoms with Gasteiger partial charge in [-0.3, -0.25) is 9.89 Å². The first kappa shape index (κ1) is 20.1. The molecular formula is C21H21BrClN5O. The van der Waals surface area contributed by atoms with E-state index in [1.54, 1.807) is 0 Å². The third-order valence-corrected chi connectivity index (χ3v) is 5.74. The number of hydrogen-bond acceptors (Lipinski definition) is 4. The fraction of sp³-hybridized carbons (Fsp3) is 0.286. The topological polar surface area (TPSA) is 60.4 Å². The van der Waals surface area contributed by atoms with Crippen molar-refractivity contribution in [1.29, 1.82) is 0 Å². The van der Waals surface area contributed by atoms with Gasteiger partial charge in [0.15, 0.2) is 0 Å². The van der Waals surface area contributed by atoms with Crippen molar-refractivity contribution in [3.63, 3.8) is 0 Å². The van der Waals surface area contributed by atoms with E-state index in [2.05, 4.69) is 32.9 Å². The molecule has 0 atom stereocenters. The van der Waals surface area contributed by atoms with Gasteiger partial charge in [0.1, 0.15) is 18.8 Å². The lowest BCUT2D eigenvalue weighted by molar-refractivity contribution is -0.675. The first-order valence-corrected chi connectivity index (χ1v) is 10.6. The molecule has 0 radical (unpaired) electrons. The molecule has 1 aliphatic rings. The highest BCUT2D eigenvalue weighted by molar-refractivity contribution is 9.10. The van der Waals surface area contributed by atoms with Gasteiger partial charge in [0.2, 0.25) is 0 Å².